The minimum atomic E-state index is -0.185. The molecule has 0 bridgehead atoms. The lowest BCUT2D eigenvalue weighted by Crippen LogP contribution is -2.27. The van der Waals surface area contributed by atoms with Crippen molar-refractivity contribution in [3.8, 4) is 5.75 Å². The molecular formula is C17H21N3O3. The van der Waals surface area contributed by atoms with Gasteiger partial charge in [0, 0.05) is 24.1 Å². The SMILES string of the molecule is COc1ccccc1CNC(=O)c1n[nH]c2c1C[C@H](C)O[C@@H]2C. The number of ether oxygens (including phenoxy) is 2. The average Bonchev–Trinajstić information content (AvgIpc) is 2.97. The van der Waals surface area contributed by atoms with E-state index in [0.717, 1.165) is 22.6 Å². The maximum atomic E-state index is 12.5. The fraction of sp³-hybridized carbons (Fsp3) is 0.412. The lowest BCUT2D eigenvalue weighted by atomic mass is 9.99. The number of carbonyl (C=O) groups is 1. The zero-order valence-corrected chi connectivity index (χ0v) is 13.6. The first-order chi connectivity index (χ1) is 11.1. The average molecular weight is 315 g/mol. The zero-order valence-electron chi connectivity index (χ0n) is 13.6. The highest BCUT2D eigenvalue weighted by Crippen LogP contribution is 2.30. The number of nitrogens with one attached hydrogen (secondary N) is 2. The summed E-state index contributed by atoms with van der Waals surface area (Å²) in [5.74, 6) is 0.571. The Morgan fingerprint density at radius 2 is 2.22 bits per heavy atom. The van der Waals surface area contributed by atoms with E-state index in [-0.39, 0.29) is 18.1 Å². The van der Waals surface area contributed by atoms with Crippen LogP contribution in [-0.4, -0.2) is 29.3 Å². The molecule has 0 fully saturated rings. The van der Waals surface area contributed by atoms with Crippen LogP contribution in [0.5, 0.6) is 5.75 Å². The monoisotopic (exact) mass is 315 g/mol. The van der Waals surface area contributed by atoms with Gasteiger partial charge in [-0.05, 0) is 19.9 Å². The number of H-pyrrole nitrogens is 1. The van der Waals surface area contributed by atoms with Crippen LogP contribution in [0.15, 0.2) is 24.3 Å². The van der Waals surface area contributed by atoms with Gasteiger partial charge in [-0.3, -0.25) is 9.89 Å². The summed E-state index contributed by atoms with van der Waals surface area (Å²) in [4.78, 5) is 12.5. The molecule has 1 amide bonds. The second kappa shape index (κ2) is 6.42. The Hall–Kier alpha value is -2.34. The lowest BCUT2D eigenvalue weighted by molar-refractivity contribution is -0.00697. The molecule has 0 aliphatic carbocycles. The molecule has 2 atom stereocenters. The number of aromatic amines is 1. The maximum Gasteiger partial charge on any atom is 0.272 e. The van der Waals surface area contributed by atoms with Crippen molar-refractivity contribution in [3.05, 3.63) is 46.8 Å². The lowest BCUT2D eigenvalue weighted by Gasteiger charge is -2.25. The minimum absolute atomic E-state index is 0.0722. The van der Waals surface area contributed by atoms with Gasteiger partial charge in [0.1, 0.15) is 5.75 Å². The Labute approximate surface area is 135 Å². The van der Waals surface area contributed by atoms with E-state index in [1.807, 2.05) is 38.1 Å². The van der Waals surface area contributed by atoms with Gasteiger partial charge in [0.25, 0.3) is 5.91 Å². The topological polar surface area (TPSA) is 76.2 Å². The van der Waals surface area contributed by atoms with Crippen LogP contribution in [-0.2, 0) is 17.7 Å². The van der Waals surface area contributed by atoms with Crippen molar-refractivity contribution in [2.24, 2.45) is 0 Å². The number of amides is 1. The summed E-state index contributed by atoms with van der Waals surface area (Å²) >= 11 is 0. The highest BCUT2D eigenvalue weighted by atomic mass is 16.5. The molecule has 2 N–H and O–H groups in total. The molecule has 122 valence electrons. The fourth-order valence-electron chi connectivity index (χ4n) is 2.97. The van der Waals surface area contributed by atoms with Gasteiger partial charge >= 0.3 is 0 Å². The molecule has 6 heteroatoms. The van der Waals surface area contributed by atoms with E-state index in [2.05, 4.69) is 15.5 Å². The first-order valence-corrected chi connectivity index (χ1v) is 7.72. The summed E-state index contributed by atoms with van der Waals surface area (Å²) < 4.78 is 11.0. The van der Waals surface area contributed by atoms with Crippen LogP contribution in [0.25, 0.3) is 0 Å². The molecule has 1 aliphatic rings. The van der Waals surface area contributed by atoms with Crippen molar-refractivity contribution in [1.29, 1.82) is 0 Å². The summed E-state index contributed by atoms with van der Waals surface area (Å²) in [5, 5.41) is 10.0. The van der Waals surface area contributed by atoms with Crippen LogP contribution in [0.2, 0.25) is 0 Å². The largest absolute Gasteiger partial charge is 0.496 e. The molecule has 2 heterocycles. The Morgan fingerprint density at radius 1 is 1.43 bits per heavy atom. The Kier molecular flexibility index (Phi) is 4.34. The molecule has 1 aromatic carbocycles. The maximum absolute atomic E-state index is 12.5. The van der Waals surface area contributed by atoms with Crippen molar-refractivity contribution in [1.82, 2.24) is 15.5 Å². The first kappa shape index (κ1) is 15.6. The molecule has 6 nitrogen and oxygen atoms in total. The third-order valence-electron chi connectivity index (χ3n) is 4.08. The van der Waals surface area contributed by atoms with E-state index >= 15 is 0 Å². The van der Waals surface area contributed by atoms with Crippen LogP contribution >= 0.6 is 0 Å². The van der Waals surface area contributed by atoms with Gasteiger partial charge < -0.3 is 14.8 Å². The Morgan fingerprint density at radius 3 is 3.00 bits per heavy atom. The molecule has 0 saturated heterocycles. The second-order valence-corrected chi connectivity index (χ2v) is 5.75. The molecule has 3 rings (SSSR count). The number of fused-ring (bicyclic) bond motifs is 1. The van der Waals surface area contributed by atoms with Gasteiger partial charge in [0.15, 0.2) is 5.69 Å². The van der Waals surface area contributed by atoms with Gasteiger partial charge in [-0.15, -0.1) is 0 Å². The van der Waals surface area contributed by atoms with Crippen LogP contribution in [0.3, 0.4) is 0 Å². The smallest absolute Gasteiger partial charge is 0.272 e. The molecule has 0 radical (unpaired) electrons. The number of hydrogen-bond donors (Lipinski definition) is 2. The summed E-state index contributed by atoms with van der Waals surface area (Å²) in [7, 11) is 1.62. The van der Waals surface area contributed by atoms with E-state index < -0.39 is 0 Å². The number of para-hydroxylation sites is 1. The predicted octanol–water partition coefficient (Wildman–Crippen LogP) is 2.37. The minimum Gasteiger partial charge on any atom is -0.496 e. The van der Waals surface area contributed by atoms with Crippen molar-refractivity contribution in [2.75, 3.05) is 7.11 Å². The van der Waals surface area contributed by atoms with Crippen molar-refractivity contribution in [2.45, 2.75) is 39.0 Å². The summed E-state index contributed by atoms with van der Waals surface area (Å²) in [5.41, 5.74) is 3.23. The van der Waals surface area contributed by atoms with E-state index in [4.69, 9.17) is 9.47 Å². The second-order valence-electron chi connectivity index (χ2n) is 5.75. The molecule has 1 aromatic heterocycles. The van der Waals surface area contributed by atoms with Crippen molar-refractivity contribution >= 4 is 5.91 Å². The van der Waals surface area contributed by atoms with Crippen molar-refractivity contribution in [3.63, 3.8) is 0 Å². The van der Waals surface area contributed by atoms with Crippen LogP contribution < -0.4 is 10.1 Å². The fourth-order valence-corrected chi connectivity index (χ4v) is 2.97. The summed E-state index contributed by atoms with van der Waals surface area (Å²) in [6.07, 6.45) is 0.695. The predicted molar refractivity (Wildman–Crippen MR) is 85.4 cm³/mol. The number of benzene rings is 1. The number of aromatic nitrogens is 2. The standard InChI is InChI=1S/C17H21N3O3/c1-10-8-13-15(11(2)23-10)19-20-16(13)17(21)18-9-12-6-4-5-7-14(12)22-3/h4-7,10-11H,8-9H2,1-3H3,(H,18,21)(H,19,20)/t10-,11+/m0/s1. The van der Waals surface area contributed by atoms with E-state index in [0.29, 0.717) is 18.7 Å². The highest BCUT2D eigenvalue weighted by molar-refractivity contribution is 5.94. The van der Waals surface area contributed by atoms with Gasteiger partial charge in [0.2, 0.25) is 0 Å². The first-order valence-electron chi connectivity index (χ1n) is 7.72. The number of hydrogen-bond acceptors (Lipinski definition) is 4. The van der Waals surface area contributed by atoms with Crippen molar-refractivity contribution < 1.29 is 14.3 Å². The van der Waals surface area contributed by atoms with Crippen LogP contribution in [0, 0.1) is 0 Å². The normalized spacial score (nSPS) is 20.0. The number of methoxy groups -OCH3 is 1. The van der Waals surface area contributed by atoms with Gasteiger partial charge in [-0.25, -0.2) is 0 Å². The molecular weight excluding hydrogens is 294 g/mol. The number of carbonyl (C=O) groups excluding carboxylic acids is 1. The van der Waals surface area contributed by atoms with E-state index in [1.165, 1.54) is 0 Å². The highest BCUT2D eigenvalue weighted by Gasteiger charge is 2.29. The third kappa shape index (κ3) is 3.07. The zero-order chi connectivity index (χ0) is 16.4. The molecule has 1 aliphatic heterocycles. The quantitative estimate of drug-likeness (QED) is 0.908. The molecule has 0 saturated carbocycles. The third-order valence-corrected chi connectivity index (χ3v) is 4.08. The van der Waals surface area contributed by atoms with Crippen LogP contribution in [0.1, 0.15) is 47.3 Å². The molecule has 23 heavy (non-hydrogen) atoms. The van der Waals surface area contributed by atoms with E-state index in [9.17, 15) is 4.79 Å². The molecule has 2 aromatic rings. The Bertz CT molecular complexity index is 711. The van der Waals surface area contributed by atoms with Crippen LogP contribution in [0.4, 0.5) is 0 Å². The van der Waals surface area contributed by atoms with Gasteiger partial charge in [-0.1, -0.05) is 18.2 Å². The number of rotatable bonds is 4. The summed E-state index contributed by atoms with van der Waals surface area (Å²) in [6.45, 7) is 4.36. The summed E-state index contributed by atoms with van der Waals surface area (Å²) in [6, 6.07) is 7.62. The van der Waals surface area contributed by atoms with Gasteiger partial charge in [-0.2, -0.15) is 5.10 Å². The number of nitrogens with zero attached hydrogens (tertiary/aromatic N) is 1. The molecule has 0 spiro atoms. The van der Waals surface area contributed by atoms with E-state index in [1.54, 1.807) is 7.11 Å². The molecule has 0 unspecified atom stereocenters. The Balaban J connectivity index is 1.75. The van der Waals surface area contributed by atoms with Gasteiger partial charge in [0.05, 0.1) is 25.0 Å².